The third kappa shape index (κ3) is 5.04. The number of amides is 1. The Morgan fingerprint density at radius 2 is 2.16 bits per heavy atom. The standard InChI is InChI=1S/C15H21ClFN3O3S.ClH/c1-3-6-20(11-4-5-18-9-11)24(22,23)15-7-12(16)14(8-13(15)17)19-10(2)21;/h7-8,11,18H,3-6,9H2,1-2H3,(H,19,21);1H. The summed E-state index contributed by atoms with van der Waals surface area (Å²) >= 11 is 6.02. The van der Waals surface area contributed by atoms with Crippen molar-refractivity contribution in [3.8, 4) is 0 Å². The molecular formula is C15H22Cl2FN3O3S. The summed E-state index contributed by atoms with van der Waals surface area (Å²) in [6.45, 7) is 4.70. The Hall–Kier alpha value is -0.930. The van der Waals surface area contributed by atoms with Crippen molar-refractivity contribution in [1.82, 2.24) is 9.62 Å². The summed E-state index contributed by atoms with van der Waals surface area (Å²) in [7, 11) is -4.02. The molecule has 25 heavy (non-hydrogen) atoms. The largest absolute Gasteiger partial charge is 0.325 e. The highest BCUT2D eigenvalue weighted by molar-refractivity contribution is 7.89. The molecular weight excluding hydrogens is 392 g/mol. The zero-order valence-electron chi connectivity index (χ0n) is 14.0. The average molecular weight is 414 g/mol. The fourth-order valence-corrected chi connectivity index (χ4v) is 4.84. The Kier molecular flexibility index (Phi) is 8.08. The molecule has 0 bridgehead atoms. The van der Waals surface area contributed by atoms with E-state index in [1.54, 1.807) is 0 Å². The van der Waals surface area contributed by atoms with Gasteiger partial charge in [-0.2, -0.15) is 4.31 Å². The molecule has 2 N–H and O–H groups in total. The van der Waals surface area contributed by atoms with Crippen LogP contribution >= 0.6 is 24.0 Å². The number of carbonyl (C=O) groups is 1. The van der Waals surface area contributed by atoms with Crippen LogP contribution in [0.2, 0.25) is 5.02 Å². The highest BCUT2D eigenvalue weighted by Gasteiger charge is 2.34. The highest BCUT2D eigenvalue weighted by Crippen LogP contribution is 2.31. The van der Waals surface area contributed by atoms with Crippen molar-refractivity contribution in [3.63, 3.8) is 0 Å². The monoisotopic (exact) mass is 413 g/mol. The van der Waals surface area contributed by atoms with Crippen LogP contribution in [0.25, 0.3) is 0 Å². The van der Waals surface area contributed by atoms with E-state index in [-0.39, 0.29) is 29.2 Å². The van der Waals surface area contributed by atoms with Gasteiger partial charge in [0.15, 0.2) is 0 Å². The van der Waals surface area contributed by atoms with Crippen LogP contribution in [0.4, 0.5) is 10.1 Å². The lowest BCUT2D eigenvalue weighted by atomic mass is 10.2. The van der Waals surface area contributed by atoms with Crippen molar-refractivity contribution in [2.75, 3.05) is 25.0 Å². The number of nitrogens with one attached hydrogen (secondary N) is 2. The van der Waals surface area contributed by atoms with E-state index in [2.05, 4.69) is 10.6 Å². The molecule has 1 unspecified atom stereocenters. The van der Waals surface area contributed by atoms with Crippen molar-refractivity contribution in [1.29, 1.82) is 0 Å². The summed E-state index contributed by atoms with van der Waals surface area (Å²) in [6.07, 6.45) is 1.30. The van der Waals surface area contributed by atoms with Crippen LogP contribution in [-0.4, -0.2) is 44.3 Å². The van der Waals surface area contributed by atoms with Crippen LogP contribution in [0.3, 0.4) is 0 Å². The predicted molar refractivity (Wildman–Crippen MR) is 98.4 cm³/mol. The Labute approximate surface area is 158 Å². The van der Waals surface area contributed by atoms with Gasteiger partial charge in [0, 0.05) is 32.1 Å². The first-order chi connectivity index (χ1) is 11.3. The Morgan fingerprint density at radius 3 is 2.68 bits per heavy atom. The molecule has 0 aliphatic carbocycles. The second-order valence-electron chi connectivity index (χ2n) is 5.71. The van der Waals surface area contributed by atoms with Crippen LogP contribution in [0.1, 0.15) is 26.7 Å². The summed E-state index contributed by atoms with van der Waals surface area (Å²) in [5.74, 6) is -1.35. The number of hydrogen-bond donors (Lipinski definition) is 2. The van der Waals surface area contributed by atoms with Gasteiger partial charge in [0.25, 0.3) is 0 Å². The van der Waals surface area contributed by atoms with Gasteiger partial charge in [0.2, 0.25) is 15.9 Å². The summed E-state index contributed by atoms with van der Waals surface area (Å²) in [5.41, 5.74) is 0.0465. The minimum absolute atomic E-state index is 0. The fraction of sp³-hybridized carbons (Fsp3) is 0.533. The quantitative estimate of drug-likeness (QED) is 0.750. The molecule has 0 aromatic heterocycles. The van der Waals surface area contributed by atoms with E-state index >= 15 is 0 Å². The first-order valence-electron chi connectivity index (χ1n) is 7.76. The molecule has 2 rings (SSSR count). The molecule has 142 valence electrons. The Bertz CT molecular complexity index is 725. The van der Waals surface area contributed by atoms with Gasteiger partial charge in [-0.1, -0.05) is 18.5 Å². The van der Waals surface area contributed by atoms with E-state index < -0.39 is 26.6 Å². The Morgan fingerprint density at radius 1 is 1.48 bits per heavy atom. The predicted octanol–water partition coefficient (Wildman–Crippen LogP) is 2.62. The zero-order chi connectivity index (χ0) is 17.9. The van der Waals surface area contributed by atoms with Crippen LogP contribution < -0.4 is 10.6 Å². The third-order valence-corrected chi connectivity index (χ3v) is 6.08. The van der Waals surface area contributed by atoms with Gasteiger partial charge in [-0.25, -0.2) is 12.8 Å². The van der Waals surface area contributed by atoms with Crippen molar-refractivity contribution in [3.05, 3.63) is 23.0 Å². The van der Waals surface area contributed by atoms with Gasteiger partial charge in [0.05, 0.1) is 10.7 Å². The van der Waals surface area contributed by atoms with E-state index in [4.69, 9.17) is 11.6 Å². The number of anilines is 1. The SMILES string of the molecule is CCCN(C1CCNC1)S(=O)(=O)c1cc(Cl)c(NC(C)=O)cc1F.Cl. The fourth-order valence-electron chi connectivity index (χ4n) is 2.74. The van der Waals surface area contributed by atoms with Gasteiger partial charge in [-0.3, -0.25) is 4.79 Å². The summed E-state index contributed by atoms with van der Waals surface area (Å²) < 4.78 is 41.6. The number of carbonyl (C=O) groups excluding carboxylic acids is 1. The number of hydrogen-bond acceptors (Lipinski definition) is 4. The second kappa shape index (κ2) is 9.14. The molecule has 0 spiro atoms. The first kappa shape index (κ1) is 22.1. The van der Waals surface area contributed by atoms with E-state index in [9.17, 15) is 17.6 Å². The first-order valence-corrected chi connectivity index (χ1v) is 9.58. The molecule has 1 aromatic carbocycles. The average Bonchev–Trinajstić information content (AvgIpc) is 3.01. The zero-order valence-corrected chi connectivity index (χ0v) is 16.4. The molecule has 10 heteroatoms. The number of halogens is 3. The maximum Gasteiger partial charge on any atom is 0.246 e. The van der Waals surface area contributed by atoms with E-state index in [1.165, 1.54) is 11.2 Å². The lowest BCUT2D eigenvalue weighted by Crippen LogP contribution is -2.42. The molecule has 1 aromatic rings. The number of benzene rings is 1. The van der Waals surface area contributed by atoms with Gasteiger partial charge in [-0.05, 0) is 25.5 Å². The van der Waals surface area contributed by atoms with E-state index in [0.717, 1.165) is 18.7 Å². The second-order valence-corrected chi connectivity index (χ2v) is 7.97. The van der Waals surface area contributed by atoms with Crippen molar-refractivity contribution in [2.45, 2.75) is 37.6 Å². The lowest BCUT2D eigenvalue weighted by molar-refractivity contribution is -0.114. The van der Waals surface area contributed by atoms with E-state index in [1.807, 2.05) is 6.92 Å². The summed E-state index contributed by atoms with van der Waals surface area (Å²) in [5, 5.41) is 5.47. The molecule has 1 atom stereocenters. The number of nitrogens with zero attached hydrogens (tertiary/aromatic N) is 1. The molecule has 1 fully saturated rings. The minimum atomic E-state index is -4.02. The van der Waals surface area contributed by atoms with Crippen LogP contribution in [0, 0.1) is 5.82 Å². The third-order valence-electron chi connectivity index (χ3n) is 3.80. The molecule has 1 heterocycles. The lowest BCUT2D eigenvalue weighted by Gasteiger charge is -2.27. The summed E-state index contributed by atoms with van der Waals surface area (Å²) in [4.78, 5) is 10.6. The van der Waals surface area contributed by atoms with Crippen molar-refractivity contribution < 1.29 is 17.6 Å². The smallest absolute Gasteiger partial charge is 0.246 e. The van der Waals surface area contributed by atoms with Gasteiger partial charge >= 0.3 is 0 Å². The maximum atomic E-state index is 14.4. The van der Waals surface area contributed by atoms with Crippen LogP contribution in [-0.2, 0) is 14.8 Å². The molecule has 0 radical (unpaired) electrons. The highest BCUT2D eigenvalue weighted by atomic mass is 35.5. The number of sulfonamides is 1. The van der Waals surface area contributed by atoms with Crippen LogP contribution in [0.15, 0.2) is 17.0 Å². The molecule has 1 aliphatic rings. The molecule has 1 aliphatic heterocycles. The maximum absolute atomic E-state index is 14.4. The van der Waals surface area contributed by atoms with E-state index in [0.29, 0.717) is 25.9 Å². The van der Waals surface area contributed by atoms with Crippen molar-refractivity contribution in [2.24, 2.45) is 0 Å². The summed E-state index contributed by atoms with van der Waals surface area (Å²) in [6, 6.07) is 1.79. The molecule has 1 amide bonds. The van der Waals surface area contributed by atoms with Gasteiger partial charge in [0.1, 0.15) is 10.7 Å². The minimum Gasteiger partial charge on any atom is -0.325 e. The Balaban J connectivity index is 0.00000312. The normalized spacial score (nSPS) is 17.4. The van der Waals surface area contributed by atoms with Crippen molar-refractivity contribution >= 4 is 45.6 Å². The van der Waals surface area contributed by atoms with Gasteiger partial charge < -0.3 is 10.6 Å². The van der Waals surface area contributed by atoms with Crippen LogP contribution in [0.5, 0.6) is 0 Å². The van der Waals surface area contributed by atoms with Gasteiger partial charge in [-0.15, -0.1) is 12.4 Å². The topological polar surface area (TPSA) is 78.5 Å². The number of rotatable bonds is 6. The molecule has 0 saturated carbocycles. The molecule has 1 saturated heterocycles. The molecule has 6 nitrogen and oxygen atoms in total.